The molecule has 18 atom stereocenters. The molecule has 3 saturated heterocycles. The first-order chi connectivity index (χ1) is 47.4. The second kappa shape index (κ2) is 55.3. The van der Waals surface area contributed by atoms with E-state index < -0.39 is 148 Å². The normalized spacial score (nSPS) is 27.2. The van der Waals surface area contributed by atoms with E-state index in [0.717, 1.165) is 51.9 Å². The third-order valence-electron chi connectivity index (χ3n) is 20.3. The van der Waals surface area contributed by atoms with Crippen LogP contribution in [0.2, 0.25) is 0 Å². The minimum atomic E-state index is -3.08. The largest absolute Gasteiger partial charge is 0.477 e. The van der Waals surface area contributed by atoms with Gasteiger partial charge >= 0.3 is 5.97 Å². The van der Waals surface area contributed by atoms with E-state index in [1.165, 1.54) is 225 Å². The number of unbranched alkanes of at least 4 members (excludes halogenated alkanes) is 42. The predicted molar refractivity (Wildman–Crippen MR) is 375 cm³/mol. The van der Waals surface area contributed by atoms with Crippen molar-refractivity contribution < 1.29 is 104 Å². The predicted octanol–water partition coefficient (Wildman–Crippen LogP) is 9.63. The number of carboxylic acid groups (broad SMARTS) is 1. The molecule has 0 aromatic rings. The molecular formula is C75H142N2O21. The zero-order valence-electron chi connectivity index (χ0n) is 60.9. The molecule has 0 aromatic carbocycles. The molecule has 98 heavy (non-hydrogen) atoms. The highest BCUT2D eigenvalue weighted by Gasteiger charge is 2.60. The fraction of sp³-hybridized carbons (Fsp3) is 0.960. The standard InChI is InChI=1S/C75H142N2O21/c1-4-6-8-10-12-14-15-16-17-18-19-20-21-22-23-24-25-26-27-28-29-30-31-32-33-34-35-36-37-38-39-41-43-45-47-49-62(85)77-56(57(82)48-46-44-42-40-13-11-9-7-5-2)54-93-72-67(89)66(88)69(61(53-80)95-72)96-73-68(90)71(65(87)60(52-79)94-73)98-75(74(91)92)50-58(83)63(76-55(3)81)70(97-75)64(86)59(84)51-78/h56-61,63-73,78-80,82-84,86-90H,4-54H2,1-3H3,(H,76,81)(H,77,85)(H,91,92). The number of amides is 2. The summed E-state index contributed by atoms with van der Waals surface area (Å²) in [5.41, 5.74) is 0. The molecular weight excluding hydrogens is 1260 g/mol. The van der Waals surface area contributed by atoms with Gasteiger partial charge in [0.15, 0.2) is 12.6 Å². The van der Waals surface area contributed by atoms with Crippen molar-refractivity contribution in [1.29, 1.82) is 0 Å². The molecule has 3 heterocycles. The fourth-order valence-corrected chi connectivity index (χ4v) is 14.1. The van der Waals surface area contributed by atoms with Crippen molar-refractivity contribution >= 4 is 17.8 Å². The minimum absolute atomic E-state index is 0.229. The molecule has 23 nitrogen and oxygen atoms in total. The van der Waals surface area contributed by atoms with Crippen LogP contribution in [0.3, 0.4) is 0 Å². The maximum atomic E-state index is 13.5. The average molecular weight is 1410 g/mol. The van der Waals surface area contributed by atoms with E-state index in [9.17, 15) is 75.7 Å². The smallest absolute Gasteiger partial charge is 0.364 e. The summed E-state index contributed by atoms with van der Waals surface area (Å²) in [6.45, 7) is 2.20. The molecule has 0 saturated carbocycles. The Morgan fingerprint density at radius 1 is 0.490 bits per heavy atom. The summed E-state index contributed by atoms with van der Waals surface area (Å²) in [6, 6.07) is -2.52. The third kappa shape index (κ3) is 36.0. The first-order valence-corrected chi connectivity index (χ1v) is 39.4. The lowest BCUT2D eigenvalue weighted by atomic mass is 9.88. The first-order valence-electron chi connectivity index (χ1n) is 39.4. The Morgan fingerprint density at radius 3 is 1.28 bits per heavy atom. The van der Waals surface area contributed by atoms with Gasteiger partial charge in [0.2, 0.25) is 11.8 Å². The van der Waals surface area contributed by atoms with E-state index in [1.54, 1.807) is 0 Å². The molecule has 3 fully saturated rings. The molecule has 23 heteroatoms. The Balaban J connectivity index is 1.39. The van der Waals surface area contributed by atoms with Crippen molar-refractivity contribution in [2.75, 3.05) is 26.4 Å². The number of carboxylic acids is 1. The molecule has 0 bridgehead atoms. The Labute approximate surface area is 589 Å². The number of carbonyl (C=O) groups excluding carboxylic acids is 2. The SMILES string of the molecule is CCCCCCCCCCCCCCCCCCCCCCCCCCCCCCCCCCCCCC(=O)NC(COC1OC(CO)C(OC2OC(CO)C(O)C(OC3(C(=O)O)CC(O)C(NC(C)=O)C(C(O)C(O)CO)O3)C2O)C(O)C1O)C(O)CCCCCCCCCCC. The van der Waals surface area contributed by atoms with Gasteiger partial charge in [-0.25, -0.2) is 4.79 Å². The van der Waals surface area contributed by atoms with Crippen LogP contribution in [0.5, 0.6) is 0 Å². The lowest BCUT2D eigenvalue weighted by molar-refractivity contribution is -0.386. The quantitative estimate of drug-likeness (QED) is 0.0252. The minimum Gasteiger partial charge on any atom is -0.477 e. The Morgan fingerprint density at radius 2 is 0.888 bits per heavy atom. The van der Waals surface area contributed by atoms with Gasteiger partial charge in [0.1, 0.15) is 67.1 Å². The fourth-order valence-electron chi connectivity index (χ4n) is 14.1. The van der Waals surface area contributed by atoms with Crippen molar-refractivity contribution in [3.8, 4) is 0 Å². The Hall–Kier alpha value is -2.27. The van der Waals surface area contributed by atoms with Crippen LogP contribution in [-0.4, -0.2) is 215 Å². The topological polar surface area (TPSA) is 373 Å². The molecule has 0 radical (unpaired) electrons. The number of aliphatic hydroxyl groups excluding tert-OH is 11. The number of ether oxygens (including phenoxy) is 6. The molecule has 18 unspecified atom stereocenters. The van der Waals surface area contributed by atoms with Crippen LogP contribution in [0.4, 0.5) is 0 Å². The lowest BCUT2D eigenvalue weighted by Crippen LogP contribution is -2.70. The molecule has 3 aliphatic heterocycles. The van der Waals surface area contributed by atoms with E-state index in [1.807, 2.05) is 0 Å². The molecule has 2 amide bonds. The van der Waals surface area contributed by atoms with Gasteiger partial charge in [0.05, 0.1) is 50.7 Å². The van der Waals surface area contributed by atoms with Crippen LogP contribution >= 0.6 is 0 Å². The molecule has 14 N–H and O–H groups in total. The van der Waals surface area contributed by atoms with Gasteiger partial charge in [0.25, 0.3) is 5.79 Å². The number of carbonyl (C=O) groups is 3. The van der Waals surface area contributed by atoms with Gasteiger partial charge in [-0.3, -0.25) is 9.59 Å². The summed E-state index contributed by atoms with van der Waals surface area (Å²) in [6.07, 6.45) is 27.5. The molecule has 0 aromatic heterocycles. The highest BCUT2D eigenvalue weighted by atomic mass is 16.8. The second-order valence-corrected chi connectivity index (χ2v) is 28.9. The summed E-state index contributed by atoms with van der Waals surface area (Å²) < 4.78 is 34.8. The van der Waals surface area contributed by atoms with Gasteiger partial charge in [-0.15, -0.1) is 0 Å². The summed E-state index contributed by atoms with van der Waals surface area (Å²) in [4.78, 5) is 38.5. The van der Waals surface area contributed by atoms with E-state index in [-0.39, 0.29) is 18.9 Å². The van der Waals surface area contributed by atoms with Crippen LogP contribution in [0.25, 0.3) is 0 Å². The number of aliphatic carboxylic acids is 1. The number of nitrogens with one attached hydrogen (secondary N) is 2. The number of rotatable bonds is 62. The molecule has 578 valence electrons. The Bertz CT molecular complexity index is 1970. The monoisotopic (exact) mass is 1410 g/mol. The van der Waals surface area contributed by atoms with E-state index >= 15 is 0 Å². The summed E-state index contributed by atoms with van der Waals surface area (Å²) in [7, 11) is 0. The maximum Gasteiger partial charge on any atom is 0.364 e. The van der Waals surface area contributed by atoms with Gasteiger partial charge in [-0.1, -0.05) is 290 Å². The Kier molecular flexibility index (Phi) is 50.7. The van der Waals surface area contributed by atoms with Crippen molar-refractivity contribution in [3.05, 3.63) is 0 Å². The molecule has 3 rings (SSSR count). The van der Waals surface area contributed by atoms with E-state index in [0.29, 0.717) is 19.3 Å². The average Bonchev–Trinajstić information content (AvgIpc) is 0.756. The van der Waals surface area contributed by atoms with Crippen LogP contribution in [-0.2, 0) is 42.8 Å². The van der Waals surface area contributed by atoms with Gasteiger partial charge < -0.3 is 100 Å². The highest BCUT2D eigenvalue weighted by molar-refractivity contribution is 5.77. The highest BCUT2D eigenvalue weighted by Crippen LogP contribution is 2.39. The van der Waals surface area contributed by atoms with Crippen molar-refractivity contribution in [2.45, 2.75) is 432 Å². The lowest BCUT2D eigenvalue weighted by Gasteiger charge is -2.50. The number of hydrogen-bond acceptors (Lipinski definition) is 20. The van der Waals surface area contributed by atoms with E-state index in [4.69, 9.17) is 28.4 Å². The molecule has 0 spiro atoms. The first kappa shape index (κ1) is 89.9. The van der Waals surface area contributed by atoms with Gasteiger partial charge in [-0.2, -0.15) is 0 Å². The van der Waals surface area contributed by atoms with Crippen molar-refractivity contribution in [3.63, 3.8) is 0 Å². The van der Waals surface area contributed by atoms with Gasteiger partial charge in [0, 0.05) is 19.8 Å². The van der Waals surface area contributed by atoms with Crippen LogP contribution < -0.4 is 10.6 Å². The zero-order chi connectivity index (χ0) is 71.8. The van der Waals surface area contributed by atoms with Crippen LogP contribution in [0, 0.1) is 0 Å². The third-order valence-corrected chi connectivity index (χ3v) is 20.3. The summed E-state index contributed by atoms with van der Waals surface area (Å²) in [5, 5.41) is 136. The second-order valence-electron chi connectivity index (χ2n) is 28.9. The van der Waals surface area contributed by atoms with Crippen LogP contribution in [0.1, 0.15) is 323 Å². The van der Waals surface area contributed by atoms with Crippen molar-refractivity contribution in [1.82, 2.24) is 10.6 Å². The summed E-state index contributed by atoms with van der Waals surface area (Å²) in [5.74, 6) is -6.09. The van der Waals surface area contributed by atoms with E-state index in [2.05, 4.69) is 24.5 Å². The van der Waals surface area contributed by atoms with Crippen LogP contribution in [0.15, 0.2) is 0 Å². The maximum absolute atomic E-state index is 13.5. The van der Waals surface area contributed by atoms with Gasteiger partial charge in [-0.05, 0) is 12.8 Å². The van der Waals surface area contributed by atoms with Crippen molar-refractivity contribution in [2.24, 2.45) is 0 Å². The number of hydrogen-bond donors (Lipinski definition) is 14. The summed E-state index contributed by atoms with van der Waals surface area (Å²) >= 11 is 0. The molecule has 3 aliphatic rings. The molecule has 0 aliphatic carbocycles. The zero-order valence-corrected chi connectivity index (χ0v) is 60.9. The number of aliphatic hydroxyl groups is 11.